The molecule has 5 heteroatoms. The standard InChI is InChI=1S/C13H16BrNO3/c1-17-12-5-4-9(14)7-11(12)13(16)15-8-10-3-2-6-18-10/h4-5,7,10H,2-3,6,8H2,1H3,(H,15,16)/t10-/m1/s1. The fourth-order valence-corrected chi connectivity index (χ4v) is 2.33. The van der Waals surface area contributed by atoms with E-state index in [2.05, 4.69) is 21.2 Å². The maximum absolute atomic E-state index is 12.1. The van der Waals surface area contributed by atoms with Crippen LogP contribution in [0.15, 0.2) is 22.7 Å². The fourth-order valence-electron chi connectivity index (χ4n) is 1.96. The number of amides is 1. The summed E-state index contributed by atoms with van der Waals surface area (Å²) in [6, 6.07) is 5.37. The van der Waals surface area contributed by atoms with Gasteiger partial charge in [-0.15, -0.1) is 0 Å². The van der Waals surface area contributed by atoms with Gasteiger partial charge in [-0.2, -0.15) is 0 Å². The average molecular weight is 314 g/mol. The summed E-state index contributed by atoms with van der Waals surface area (Å²) >= 11 is 3.35. The molecule has 0 saturated carbocycles. The van der Waals surface area contributed by atoms with Gasteiger partial charge < -0.3 is 14.8 Å². The largest absolute Gasteiger partial charge is 0.496 e. The Hall–Kier alpha value is -1.07. The first-order chi connectivity index (χ1) is 8.70. The molecule has 1 aliphatic rings. The van der Waals surface area contributed by atoms with Crippen LogP contribution in [-0.2, 0) is 4.74 Å². The molecule has 0 aromatic heterocycles. The van der Waals surface area contributed by atoms with Crippen molar-refractivity contribution in [2.24, 2.45) is 0 Å². The lowest BCUT2D eigenvalue weighted by Gasteiger charge is -2.12. The molecular formula is C13H16BrNO3. The molecule has 2 rings (SSSR count). The van der Waals surface area contributed by atoms with E-state index in [0.29, 0.717) is 17.9 Å². The Labute approximate surface area is 115 Å². The van der Waals surface area contributed by atoms with E-state index in [9.17, 15) is 4.79 Å². The third-order valence-electron chi connectivity index (χ3n) is 2.92. The van der Waals surface area contributed by atoms with Crippen LogP contribution in [0.4, 0.5) is 0 Å². The maximum Gasteiger partial charge on any atom is 0.255 e. The van der Waals surface area contributed by atoms with Crippen molar-refractivity contribution >= 4 is 21.8 Å². The first-order valence-corrected chi connectivity index (χ1v) is 6.73. The van der Waals surface area contributed by atoms with Crippen molar-refractivity contribution in [2.45, 2.75) is 18.9 Å². The molecule has 1 N–H and O–H groups in total. The van der Waals surface area contributed by atoms with Crippen molar-refractivity contribution in [1.29, 1.82) is 0 Å². The zero-order chi connectivity index (χ0) is 13.0. The number of rotatable bonds is 4. The SMILES string of the molecule is COc1ccc(Br)cc1C(=O)NC[C@H]1CCCO1. The van der Waals surface area contributed by atoms with Crippen molar-refractivity contribution in [3.63, 3.8) is 0 Å². The van der Waals surface area contributed by atoms with E-state index < -0.39 is 0 Å². The molecule has 0 aliphatic carbocycles. The molecule has 0 unspecified atom stereocenters. The summed E-state index contributed by atoms with van der Waals surface area (Å²) in [5.74, 6) is 0.437. The van der Waals surface area contributed by atoms with Gasteiger partial charge in [-0.25, -0.2) is 0 Å². The Morgan fingerprint density at radius 2 is 2.44 bits per heavy atom. The van der Waals surface area contributed by atoms with Crippen LogP contribution in [0.5, 0.6) is 5.75 Å². The van der Waals surface area contributed by atoms with E-state index in [-0.39, 0.29) is 12.0 Å². The summed E-state index contributed by atoms with van der Waals surface area (Å²) in [6.07, 6.45) is 2.23. The number of methoxy groups -OCH3 is 1. The van der Waals surface area contributed by atoms with Gasteiger partial charge in [0.25, 0.3) is 5.91 Å². The second-order valence-corrected chi connectivity index (χ2v) is 5.11. The van der Waals surface area contributed by atoms with E-state index >= 15 is 0 Å². The molecule has 1 atom stereocenters. The molecule has 1 aromatic rings. The van der Waals surface area contributed by atoms with Gasteiger partial charge in [-0.05, 0) is 31.0 Å². The molecule has 4 nitrogen and oxygen atoms in total. The second kappa shape index (κ2) is 6.20. The first-order valence-electron chi connectivity index (χ1n) is 5.94. The van der Waals surface area contributed by atoms with Crippen molar-refractivity contribution in [2.75, 3.05) is 20.3 Å². The lowest BCUT2D eigenvalue weighted by Crippen LogP contribution is -2.32. The van der Waals surface area contributed by atoms with E-state index in [1.54, 1.807) is 19.2 Å². The minimum Gasteiger partial charge on any atom is -0.496 e. The van der Waals surface area contributed by atoms with Crippen LogP contribution in [0.1, 0.15) is 23.2 Å². The van der Waals surface area contributed by atoms with Gasteiger partial charge in [-0.3, -0.25) is 4.79 Å². The van der Waals surface area contributed by atoms with Crippen LogP contribution in [0.2, 0.25) is 0 Å². The molecule has 1 aliphatic heterocycles. The molecule has 1 saturated heterocycles. The molecule has 0 radical (unpaired) electrons. The predicted molar refractivity (Wildman–Crippen MR) is 72.0 cm³/mol. The molecule has 1 fully saturated rings. The van der Waals surface area contributed by atoms with Gasteiger partial charge in [0, 0.05) is 17.6 Å². The van der Waals surface area contributed by atoms with Gasteiger partial charge >= 0.3 is 0 Å². The average Bonchev–Trinajstić information content (AvgIpc) is 2.89. The Morgan fingerprint density at radius 3 is 3.11 bits per heavy atom. The monoisotopic (exact) mass is 313 g/mol. The summed E-state index contributed by atoms with van der Waals surface area (Å²) < 4.78 is 11.5. The molecule has 0 bridgehead atoms. The van der Waals surface area contributed by atoms with Crippen molar-refractivity contribution in [3.05, 3.63) is 28.2 Å². The zero-order valence-corrected chi connectivity index (χ0v) is 11.8. The Bertz CT molecular complexity index is 430. The smallest absolute Gasteiger partial charge is 0.255 e. The Balaban J connectivity index is 2.00. The van der Waals surface area contributed by atoms with Crippen LogP contribution in [0, 0.1) is 0 Å². The lowest BCUT2D eigenvalue weighted by atomic mass is 10.2. The number of benzene rings is 1. The van der Waals surface area contributed by atoms with Crippen LogP contribution in [-0.4, -0.2) is 32.3 Å². The van der Waals surface area contributed by atoms with Gasteiger partial charge in [0.15, 0.2) is 0 Å². The van der Waals surface area contributed by atoms with E-state index in [1.165, 1.54) is 0 Å². The van der Waals surface area contributed by atoms with Crippen LogP contribution < -0.4 is 10.1 Å². The van der Waals surface area contributed by atoms with Crippen LogP contribution in [0.25, 0.3) is 0 Å². The number of carbonyl (C=O) groups excluding carboxylic acids is 1. The molecule has 1 heterocycles. The fraction of sp³-hybridized carbons (Fsp3) is 0.462. The van der Waals surface area contributed by atoms with E-state index in [1.807, 2.05) is 6.07 Å². The van der Waals surface area contributed by atoms with Crippen molar-refractivity contribution < 1.29 is 14.3 Å². The number of hydrogen-bond acceptors (Lipinski definition) is 3. The quantitative estimate of drug-likeness (QED) is 0.928. The predicted octanol–water partition coefficient (Wildman–Crippen LogP) is 2.37. The first kappa shape index (κ1) is 13.4. The molecule has 1 aromatic carbocycles. The summed E-state index contributed by atoms with van der Waals surface area (Å²) in [5.41, 5.74) is 0.532. The Kier molecular flexibility index (Phi) is 4.60. The van der Waals surface area contributed by atoms with E-state index in [0.717, 1.165) is 23.9 Å². The molecule has 1 amide bonds. The molecule has 0 spiro atoms. The minimum absolute atomic E-state index is 0.136. The maximum atomic E-state index is 12.1. The van der Waals surface area contributed by atoms with Crippen molar-refractivity contribution in [3.8, 4) is 5.75 Å². The lowest BCUT2D eigenvalue weighted by molar-refractivity contribution is 0.0855. The Morgan fingerprint density at radius 1 is 1.61 bits per heavy atom. The minimum atomic E-state index is -0.136. The van der Waals surface area contributed by atoms with Gasteiger partial charge in [-0.1, -0.05) is 15.9 Å². The number of ether oxygens (including phenoxy) is 2. The highest BCUT2D eigenvalue weighted by Gasteiger charge is 2.18. The summed E-state index contributed by atoms with van der Waals surface area (Å²) in [6.45, 7) is 1.34. The summed E-state index contributed by atoms with van der Waals surface area (Å²) in [4.78, 5) is 12.1. The molecule has 98 valence electrons. The topological polar surface area (TPSA) is 47.6 Å². The highest BCUT2D eigenvalue weighted by Crippen LogP contribution is 2.23. The third-order valence-corrected chi connectivity index (χ3v) is 3.41. The molecule has 18 heavy (non-hydrogen) atoms. The van der Waals surface area contributed by atoms with Crippen LogP contribution in [0.3, 0.4) is 0 Å². The number of carbonyl (C=O) groups is 1. The zero-order valence-electron chi connectivity index (χ0n) is 10.2. The van der Waals surface area contributed by atoms with Crippen LogP contribution >= 0.6 is 15.9 Å². The summed E-state index contributed by atoms with van der Waals surface area (Å²) in [7, 11) is 1.56. The number of halogens is 1. The molecular weight excluding hydrogens is 298 g/mol. The van der Waals surface area contributed by atoms with Gasteiger partial charge in [0.2, 0.25) is 0 Å². The normalized spacial score (nSPS) is 18.7. The highest BCUT2D eigenvalue weighted by atomic mass is 79.9. The van der Waals surface area contributed by atoms with Gasteiger partial charge in [0.05, 0.1) is 18.8 Å². The number of nitrogens with one attached hydrogen (secondary N) is 1. The van der Waals surface area contributed by atoms with E-state index in [4.69, 9.17) is 9.47 Å². The second-order valence-electron chi connectivity index (χ2n) is 4.19. The number of hydrogen-bond donors (Lipinski definition) is 1. The summed E-state index contributed by atoms with van der Waals surface area (Å²) in [5, 5.41) is 2.88. The third kappa shape index (κ3) is 3.23. The highest BCUT2D eigenvalue weighted by molar-refractivity contribution is 9.10. The van der Waals surface area contributed by atoms with Gasteiger partial charge in [0.1, 0.15) is 5.75 Å². The van der Waals surface area contributed by atoms with Crippen molar-refractivity contribution in [1.82, 2.24) is 5.32 Å².